The summed E-state index contributed by atoms with van der Waals surface area (Å²) < 4.78 is 10.7. The number of amides is 1. The van der Waals surface area contributed by atoms with Crippen molar-refractivity contribution in [1.82, 2.24) is 10.6 Å². The molecule has 1 aromatic rings. The van der Waals surface area contributed by atoms with Gasteiger partial charge in [0.2, 0.25) is 5.91 Å². The molecule has 2 unspecified atom stereocenters. The average Bonchev–Trinajstić information content (AvgIpc) is 3.36. The van der Waals surface area contributed by atoms with Gasteiger partial charge in [-0.1, -0.05) is 0 Å². The van der Waals surface area contributed by atoms with Gasteiger partial charge in [0, 0.05) is 49.9 Å². The van der Waals surface area contributed by atoms with E-state index >= 15 is 0 Å². The summed E-state index contributed by atoms with van der Waals surface area (Å²) in [7, 11) is 3.34. The molecule has 8 heteroatoms. The molecule has 0 aromatic heterocycles. The Morgan fingerprint density at radius 3 is 2.46 bits per heavy atom. The zero-order chi connectivity index (χ0) is 18.4. The third-order valence-corrected chi connectivity index (χ3v) is 5.52. The molecule has 0 radical (unpaired) electrons. The molecule has 160 valence electrons. The number of carbonyl (C=O) groups is 1. The van der Waals surface area contributed by atoms with Crippen LogP contribution in [0.2, 0.25) is 0 Å². The molecular formula is C20H33Cl2N3O3. The lowest BCUT2D eigenvalue weighted by Gasteiger charge is -2.20. The second-order valence-electron chi connectivity index (χ2n) is 7.37. The van der Waals surface area contributed by atoms with E-state index in [-0.39, 0.29) is 30.7 Å². The maximum Gasteiger partial charge on any atom is 0.220 e. The van der Waals surface area contributed by atoms with Crippen molar-refractivity contribution in [2.24, 2.45) is 11.8 Å². The molecule has 2 aliphatic heterocycles. The molecule has 2 N–H and O–H groups in total. The molecule has 6 nitrogen and oxygen atoms in total. The minimum absolute atomic E-state index is 0. The minimum Gasteiger partial charge on any atom is -0.497 e. The van der Waals surface area contributed by atoms with Gasteiger partial charge in [-0.05, 0) is 44.2 Å². The lowest BCUT2D eigenvalue weighted by atomic mass is 10.0. The molecule has 3 rings (SSSR count). The highest BCUT2D eigenvalue weighted by atomic mass is 35.5. The second-order valence-corrected chi connectivity index (χ2v) is 7.37. The summed E-state index contributed by atoms with van der Waals surface area (Å²) in [6.07, 6.45) is 3.94. The van der Waals surface area contributed by atoms with Gasteiger partial charge in [0.1, 0.15) is 11.5 Å². The quantitative estimate of drug-likeness (QED) is 0.659. The summed E-state index contributed by atoms with van der Waals surface area (Å²) in [5, 5.41) is 6.48. The van der Waals surface area contributed by atoms with Crippen molar-refractivity contribution in [2.45, 2.75) is 25.7 Å². The molecule has 1 amide bonds. The molecular weight excluding hydrogens is 401 g/mol. The van der Waals surface area contributed by atoms with Crippen LogP contribution in [-0.2, 0) is 4.79 Å². The van der Waals surface area contributed by atoms with Crippen LogP contribution in [0.5, 0.6) is 11.5 Å². The molecule has 2 fully saturated rings. The monoisotopic (exact) mass is 433 g/mol. The predicted molar refractivity (Wildman–Crippen MR) is 118 cm³/mol. The van der Waals surface area contributed by atoms with Gasteiger partial charge in [-0.25, -0.2) is 0 Å². The number of halogens is 2. The Labute approximate surface area is 180 Å². The van der Waals surface area contributed by atoms with Gasteiger partial charge in [0.15, 0.2) is 0 Å². The summed E-state index contributed by atoms with van der Waals surface area (Å²) in [5.41, 5.74) is 1.11. The molecule has 2 heterocycles. The van der Waals surface area contributed by atoms with E-state index in [4.69, 9.17) is 9.47 Å². The van der Waals surface area contributed by atoms with Crippen LogP contribution in [0, 0.1) is 11.8 Å². The Hall–Kier alpha value is -1.37. The van der Waals surface area contributed by atoms with Gasteiger partial charge in [0.05, 0.1) is 14.2 Å². The Bertz CT molecular complexity index is 590. The zero-order valence-corrected chi connectivity index (χ0v) is 18.4. The molecule has 28 heavy (non-hydrogen) atoms. The van der Waals surface area contributed by atoms with Crippen LogP contribution in [0.15, 0.2) is 18.2 Å². The van der Waals surface area contributed by atoms with Gasteiger partial charge in [-0.3, -0.25) is 4.79 Å². The first kappa shape index (κ1) is 24.7. The largest absolute Gasteiger partial charge is 0.497 e. The number of methoxy groups -OCH3 is 2. The van der Waals surface area contributed by atoms with Crippen molar-refractivity contribution in [2.75, 3.05) is 51.8 Å². The topological polar surface area (TPSA) is 62.8 Å². The standard InChI is InChI=1S/C20H31N3O3.2ClH/c1-25-18-9-17(10-19(11-18)26-2)23-8-6-16(14-23)13-22-20(24)4-3-15-5-7-21-12-15;;/h9-11,15-16,21H,3-8,12-14H2,1-2H3,(H,22,24);2*1H. The van der Waals surface area contributed by atoms with Crippen molar-refractivity contribution in [1.29, 1.82) is 0 Å². The smallest absolute Gasteiger partial charge is 0.220 e. The number of nitrogens with zero attached hydrogens (tertiary/aromatic N) is 1. The summed E-state index contributed by atoms with van der Waals surface area (Å²) in [5.74, 6) is 2.96. The molecule has 2 saturated heterocycles. The van der Waals surface area contributed by atoms with Gasteiger partial charge in [-0.15, -0.1) is 24.8 Å². The van der Waals surface area contributed by atoms with Crippen LogP contribution in [0.25, 0.3) is 0 Å². The van der Waals surface area contributed by atoms with Crippen molar-refractivity contribution < 1.29 is 14.3 Å². The molecule has 0 bridgehead atoms. The van der Waals surface area contributed by atoms with Gasteiger partial charge < -0.3 is 25.0 Å². The SMILES string of the molecule is COc1cc(OC)cc(N2CCC(CNC(=O)CCC3CCNC3)C2)c1.Cl.Cl. The number of anilines is 1. The first-order chi connectivity index (χ1) is 12.7. The molecule has 1 aromatic carbocycles. The number of ether oxygens (including phenoxy) is 2. The third kappa shape index (κ3) is 6.90. The van der Waals surface area contributed by atoms with Crippen molar-refractivity contribution >= 4 is 36.4 Å². The molecule has 2 atom stereocenters. The highest BCUT2D eigenvalue weighted by molar-refractivity contribution is 5.85. The zero-order valence-electron chi connectivity index (χ0n) is 16.7. The molecule has 0 aliphatic carbocycles. The van der Waals surface area contributed by atoms with Crippen LogP contribution in [0.3, 0.4) is 0 Å². The second kappa shape index (κ2) is 12.2. The number of nitrogens with one attached hydrogen (secondary N) is 2. The Morgan fingerprint density at radius 2 is 1.86 bits per heavy atom. The fourth-order valence-electron chi connectivity index (χ4n) is 3.85. The summed E-state index contributed by atoms with van der Waals surface area (Å²) in [6, 6.07) is 5.97. The normalized spacial score (nSPS) is 20.9. The van der Waals surface area contributed by atoms with E-state index < -0.39 is 0 Å². The maximum absolute atomic E-state index is 12.1. The van der Waals surface area contributed by atoms with Crippen LogP contribution in [0.1, 0.15) is 25.7 Å². The highest BCUT2D eigenvalue weighted by Gasteiger charge is 2.24. The van der Waals surface area contributed by atoms with E-state index in [2.05, 4.69) is 15.5 Å². The lowest BCUT2D eigenvalue weighted by molar-refractivity contribution is -0.121. The fraction of sp³-hybridized carbons (Fsp3) is 0.650. The Kier molecular flexibility index (Phi) is 10.8. The van der Waals surface area contributed by atoms with E-state index in [0.29, 0.717) is 18.3 Å². The first-order valence-electron chi connectivity index (χ1n) is 9.63. The Balaban J connectivity index is 0.00000196. The first-order valence-corrected chi connectivity index (χ1v) is 9.63. The third-order valence-electron chi connectivity index (χ3n) is 5.52. The predicted octanol–water partition coefficient (Wildman–Crippen LogP) is 2.88. The highest BCUT2D eigenvalue weighted by Crippen LogP contribution is 2.31. The van der Waals surface area contributed by atoms with Gasteiger partial charge >= 0.3 is 0 Å². The van der Waals surface area contributed by atoms with E-state index in [0.717, 1.165) is 62.8 Å². The van der Waals surface area contributed by atoms with Crippen LogP contribution >= 0.6 is 24.8 Å². The van der Waals surface area contributed by atoms with Gasteiger partial charge in [-0.2, -0.15) is 0 Å². The van der Waals surface area contributed by atoms with Crippen LogP contribution in [-0.4, -0.2) is 52.9 Å². The number of hydrogen-bond donors (Lipinski definition) is 2. The average molecular weight is 434 g/mol. The van der Waals surface area contributed by atoms with Gasteiger partial charge in [0.25, 0.3) is 0 Å². The van der Waals surface area contributed by atoms with E-state index in [9.17, 15) is 4.79 Å². The van der Waals surface area contributed by atoms with E-state index in [1.807, 2.05) is 18.2 Å². The molecule has 0 spiro atoms. The molecule has 0 saturated carbocycles. The minimum atomic E-state index is 0. The maximum atomic E-state index is 12.1. The fourth-order valence-corrected chi connectivity index (χ4v) is 3.85. The van der Waals surface area contributed by atoms with Crippen LogP contribution in [0.4, 0.5) is 5.69 Å². The number of rotatable bonds is 8. The van der Waals surface area contributed by atoms with Crippen molar-refractivity contribution in [3.05, 3.63) is 18.2 Å². The van der Waals surface area contributed by atoms with Crippen molar-refractivity contribution in [3.8, 4) is 11.5 Å². The number of benzene rings is 1. The Morgan fingerprint density at radius 1 is 1.14 bits per heavy atom. The van der Waals surface area contributed by atoms with Crippen LogP contribution < -0.4 is 25.0 Å². The summed E-state index contributed by atoms with van der Waals surface area (Å²) >= 11 is 0. The summed E-state index contributed by atoms with van der Waals surface area (Å²) in [6.45, 7) is 4.86. The number of carbonyl (C=O) groups excluding carboxylic acids is 1. The van der Waals surface area contributed by atoms with E-state index in [1.54, 1.807) is 14.2 Å². The lowest BCUT2D eigenvalue weighted by Crippen LogP contribution is -2.31. The summed E-state index contributed by atoms with van der Waals surface area (Å²) in [4.78, 5) is 14.4. The molecule has 2 aliphatic rings. The van der Waals surface area contributed by atoms with Crippen molar-refractivity contribution in [3.63, 3.8) is 0 Å². The number of hydrogen-bond acceptors (Lipinski definition) is 5. The van der Waals surface area contributed by atoms with E-state index in [1.165, 1.54) is 6.42 Å².